The van der Waals surface area contributed by atoms with E-state index in [1.807, 2.05) is 33.7 Å². The second-order valence-electron chi connectivity index (χ2n) is 11.2. The molecule has 1 amide bonds. The Morgan fingerprint density at radius 3 is 2.50 bits per heavy atom. The molecule has 1 aromatic carbocycles. The SMILES string of the molecule is CC(C)CN1CCN(Cc2cccc(-c3ccc4c(n3)n(C)c(=O)n4CC(C)(C)C)c2)CC1=O. The summed E-state index contributed by atoms with van der Waals surface area (Å²) < 4.78 is 3.45. The van der Waals surface area contributed by atoms with Gasteiger partial charge in [-0.25, -0.2) is 9.78 Å². The van der Waals surface area contributed by atoms with Gasteiger partial charge < -0.3 is 4.90 Å². The number of fused-ring (bicyclic) bond motifs is 1. The van der Waals surface area contributed by atoms with Crippen LogP contribution < -0.4 is 5.69 Å². The summed E-state index contributed by atoms with van der Waals surface area (Å²) >= 11 is 0. The summed E-state index contributed by atoms with van der Waals surface area (Å²) in [5.74, 6) is 0.700. The quantitative estimate of drug-likeness (QED) is 0.559. The van der Waals surface area contributed by atoms with Gasteiger partial charge in [-0.1, -0.05) is 52.8 Å². The summed E-state index contributed by atoms with van der Waals surface area (Å²) in [5, 5.41) is 0. The zero-order chi connectivity index (χ0) is 24.6. The highest BCUT2D eigenvalue weighted by Gasteiger charge is 2.24. The number of benzene rings is 1. The Morgan fingerprint density at radius 1 is 1.06 bits per heavy atom. The van der Waals surface area contributed by atoms with Gasteiger partial charge in [0.2, 0.25) is 5.91 Å². The summed E-state index contributed by atoms with van der Waals surface area (Å²) in [5.41, 5.74) is 4.53. The Bertz CT molecular complexity index is 1250. The van der Waals surface area contributed by atoms with Gasteiger partial charge in [0.15, 0.2) is 5.65 Å². The maximum Gasteiger partial charge on any atom is 0.330 e. The highest BCUT2D eigenvalue weighted by molar-refractivity contribution is 5.79. The average molecular weight is 464 g/mol. The van der Waals surface area contributed by atoms with Crippen molar-refractivity contribution in [3.8, 4) is 11.3 Å². The lowest BCUT2D eigenvalue weighted by atomic mass is 9.97. The third-order valence-corrected chi connectivity index (χ3v) is 6.23. The fraction of sp³-hybridized carbons (Fsp3) is 0.519. The number of hydrogen-bond acceptors (Lipinski definition) is 4. The van der Waals surface area contributed by atoms with Gasteiger partial charge in [0.05, 0.1) is 17.8 Å². The molecular weight excluding hydrogens is 426 g/mol. The molecule has 1 fully saturated rings. The predicted octanol–water partition coefficient (Wildman–Crippen LogP) is 3.75. The number of pyridine rings is 1. The minimum atomic E-state index is -0.0374. The highest BCUT2D eigenvalue weighted by Crippen LogP contribution is 2.24. The molecule has 0 aliphatic carbocycles. The van der Waals surface area contributed by atoms with Crippen molar-refractivity contribution in [3.63, 3.8) is 0 Å². The zero-order valence-electron chi connectivity index (χ0n) is 21.3. The average Bonchev–Trinajstić information content (AvgIpc) is 2.99. The topological polar surface area (TPSA) is 63.4 Å². The fourth-order valence-corrected chi connectivity index (χ4v) is 4.67. The molecule has 1 aliphatic heterocycles. The smallest absolute Gasteiger partial charge is 0.330 e. The third kappa shape index (κ3) is 5.25. The van der Waals surface area contributed by atoms with E-state index in [1.165, 1.54) is 0 Å². The Morgan fingerprint density at radius 2 is 1.82 bits per heavy atom. The molecule has 1 aliphatic rings. The molecule has 4 rings (SSSR count). The number of carbonyl (C=O) groups excluding carboxylic acids is 1. The van der Waals surface area contributed by atoms with Gasteiger partial charge in [0, 0.05) is 45.3 Å². The van der Waals surface area contributed by atoms with E-state index >= 15 is 0 Å². The van der Waals surface area contributed by atoms with Crippen LogP contribution in [0.2, 0.25) is 0 Å². The van der Waals surface area contributed by atoms with Crippen LogP contribution in [0.4, 0.5) is 0 Å². The van der Waals surface area contributed by atoms with Gasteiger partial charge in [-0.15, -0.1) is 0 Å². The van der Waals surface area contributed by atoms with Crippen LogP contribution >= 0.6 is 0 Å². The molecule has 0 radical (unpaired) electrons. The summed E-state index contributed by atoms with van der Waals surface area (Å²) in [6.07, 6.45) is 0. The van der Waals surface area contributed by atoms with Crippen molar-refractivity contribution in [2.24, 2.45) is 18.4 Å². The molecule has 0 unspecified atom stereocenters. The number of imidazole rings is 1. The molecule has 0 N–H and O–H groups in total. The van der Waals surface area contributed by atoms with E-state index in [0.717, 1.165) is 48.5 Å². The molecule has 0 bridgehead atoms. The summed E-state index contributed by atoms with van der Waals surface area (Å²) in [7, 11) is 1.78. The molecule has 3 aromatic rings. The Hall–Kier alpha value is -2.93. The summed E-state index contributed by atoms with van der Waals surface area (Å²) in [6, 6.07) is 12.3. The summed E-state index contributed by atoms with van der Waals surface area (Å²) in [4.78, 5) is 34.4. The van der Waals surface area contributed by atoms with Gasteiger partial charge in [0.1, 0.15) is 0 Å². The van der Waals surface area contributed by atoms with E-state index in [1.54, 1.807) is 11.6 Å². The van der Waals surface area contributed by atoms with Gasteiger partial charge in [-0.3, -0.25) is 18.8 Å². The molecule has 0 spiro atoms. The van der Waals surface area contributed by atoms with Crippen LogP contribution in [0.1, 0.15) is 40.2 Å². The van der Waals surface area contributed by atoms with Crippen LogP contribution in [0.15, 0.2) is 41.2 Å². The van der Waals surface area contributed by atoms with Crippen LogP contribution in [-0.2, 0) is 24.9 Å². The third-order valence-electron chi connectivity index (χ3n) is 6.23. The van der Waals surface area contributed by atoms with E-state index in [0.29, 0.717) is 24.7 Å². The molecule has 3 heterocycles. The van der Waals surface area contributed by atoms with Crippen molar-refractivity contribution >= 4 is 17.1 Å². The number of hydrogen-bond donors (Lipinski definition) is 0. The predicted molar refractivity (Wildman–Crippen MR) is 137 cm³/mol. The fourth-order valence-electron chi connectivity index (χ4n) is 4.67. The molecule has 2 aromatic heterocycles. The number of aryl methyl sites for hydroxylation is 1. The largest absolute Gasteiger partial charge is 0.340 e. The molecule has 0 saturated carbocycles. The number of carbonyl (C=O) groups is 1. The van der Waals surface area contributed by atoms with Gasteiger partial charge in [-0.05, 0) is 35.1 Å². The van der Waals surface area contributed by atoms with Crippen molar-refractivity contribution in [2.45, 2.75) is 47.7 Å². The Labute approximate surface area is 202 Å². The van der Waals surface area contributed by atoms with Crippen LogP contribution in [0.3, 0.4) is 0 Å². The molecule has 34 heavy (non-hydrogen) atoms. The van der Waals surface area contributed by atoms with Gasteiger partial charge >= 0.3 is 5.69 Å². The minimum Gasteiger partial charge on any atom is -0.340 e. The lowest BCUT2D eigenvalue weighted by Gasteiger charge is -2.35. The molecular formula is C27H37N5O2. The van der Waals surface area contributed by atoms with E-state index in [-0.39, 0.29) is 17.0 Å². The van der Waals surface area contributed by atoms with E-state index < -0.39 is 0 Å². The van der Waals surface area contributed by atoms with Crippen LogP contribution in [0, 0.1) is 11.3 Å². The van der Waals surface area contributed by atoms with Gasteiger partial charge in [-0.2, -0.15) is 0 Å². The van der Waals surface area contributed by atoms with Crippen LogP contribution in [-0.4, -0.2) is 56.0 Å². The second kappa shape index (κ2) is 9.37. The molecule has 182 valence electrons. The summed E-state index contributed by atoms with van der Waals surface area (Å²) in [6.45, 7) is 15.0. The number of rotatable bonds is 6. The second-order valence-corrected chi connectivity index (χ2v) is 11.2. The standard InChI is InChI=1S/C27H37N5O2/c1-19(2)15-31-13-12-30(17-24(31)33)16-20-8-7-9-21(14-20)22-10-11-23-25(28-22)29(6)26(34)32(23)18-27(3,4)5/h7-11,14,19H,12-13,15-18H2,1-6H3. The van der Waals surface area contributed by atoms with E-state index in [2.05, 4.69) is 51.7 Å². The van der Waals surface area contributed by atoms with Crippen molar-refractivity contribution in [1.29, 1.82) is 0 Å². The van der Waals surface area contributed by atoms with E-state index in [4.69, 9.17) is 4.98 Å². The maximum absolute atomic E-state index is 12.8. The van der Waals surface area contributed by atoms with Gasteiger partial charge in [0.25, 0.3) is 0 Å². The lowest BCUT2D eigenvalue weighted by Crippen LogP contribution is -2.50. The number of aromatic nitrogens is 3. The van der Waals surface area contributed by atoms with Crippen molar-refractivity contribution in [3.05, 3.63) is 52.4 Å². The van der Waals surface area contributed by atoms with Crippen molar-refractivity contribution in [2.75, 3.05) is 26.2 Å². The zero-order valence-corrected chi connectivity index (χ0v) is 21.3. The lowest BCUT2D eigenvalue weighted by molar-refractivity contribution is -0.136. The number of amides is 1. The van der Waals surface area contributed by atoms with Crippen molar-refractivity contribution < 1.29 is 4.79 Å². The van der Waals surface area contributed by atoms with Crippen molar-refractivity contribution in [1.82, 2.24) is 23.9 Å². The minimum absolute atomic E-state index is 0.00718. The molecule has 0 atom stereocenters. The molecule has 7 heteroatoms. The normalized spacial score (nSPS) is 15.6. The first-order valence-corrected chi connectivity index (χ1v) is 12.2. The number of nitrogens with zero attached hydrogens (tertiary/aromatic N) is 5. The number of piperazine rings is 1. The first-order valence-electron chi connectivity index (χ1n) is 12.2. The van der Waals surface area contributed by atoms with Crippen LogP contribution in [0.25, 0.3) is 22.4 Å². The monoisotopic (exact) mass is 463 g/mol. The molecule has 7 nitrogen and oxygen atoms in total. The highest BCUT2D eigenvalue weighted by atomic mass is 16.2. The van der Waals surface area contributed by atoms with E-state index in [9.17, 15) is 9.59 Å². The Balaban J connectivity index is 1.55. The first kappa shape index (κ1) is 24.2. The molecule has 1 saturated heterocycles. The van der Waals surface area contributed by atoms with Crippen LogP contribution in [0.5, 0.6) is 0 Å². The maximum atomic E-state index is 12.8. The first-order chi connectivity index (χ1) is 16.0. The Kier molecular flexibility index (Phi) is 6.67.